The van der Waals surface area contributed by atoms with Crippen LogP contribution in [0.3, 0.4) is 0 Å². The third-order valence-corrected chi connectivity index (χ3v) is 2.10. The first-order valence-corrected chi connectivity index (χ1v) is 5.18. The Labute approximate surface area is 104 Å². The van der Waals surface area contributed by atoms with Crippen LogP contribution in [0.2, 0.25) is 0 Å². The first-order valence-electron chi connectivity index (χ1n) is 5.18. The SMILES string of the molecule is COc1cc(N)ccc1C(=O)NCCOC(N)=O. The fraction of sp³-hybridized carbons (Fsp3) is 0.273. The number of amides is 2. The van der Waals surface area contributed by atoms with Crippen molar-refractivity contribution in [2.24, 2.45) is 5.73 Å². The molecular formula is C11H15N3O4. The van der Waals surface area contributed by atoms with Crippen molar-refractivity contribution in [2.75, 3.05) is 26.0 Å². The number of carbonyl (C=O) groups is 2. The van der Waals surface area contributed by atoms with Gasteiger partial charge in [-0.25, -0.2) is 4.79 Å². The van der Waals surface area contributed by atoms with Crippen LogP contribution in [-0.2, 0) is 4.74 Å². The van der Waals surface area contributed by atoms with E-state index < -0.39 is 6.09 Å². The zero-order chi connectivity index (χ0) is 13.5. The van der Waals surface area contributed by atoms with Gasteiger partial charge in [0.1, 0.15) is 12.4 Å². The summed E-state index contributed by atoms with van der Waals surface area (Å²) in [5.74, 6) is 0.0308. The minimum Gasteiger partial charge on any atom is -0.496 e. The topological polar surface area (TPSA) is 117 Å². The molecule has 0 fully saturated rings. The number of nitrogen functional groups attached to an aromatic ring is 1. The lowest BCUT2D eigenvalue weighted by Crippen LogP contribution is -2.29. The van der Waals surface area contributed by atoms with Crippen LogP contribution in [0, 0.1) is 0 Å². The quantitative estimate of drug-likeness (QED) is 0.508. The zero-order valence-electron chi connectivity index (χ0n) is 9.93. The highest BCUT2D eigenvalue weighted by Crippen LogP contribution is 2.21. The highest BCUT2D eigenvalue weighted by Gasteiger charge is 2.11. The molecule has 0 unspecified atom stereocenters. The number of benzene rings is 1. The van der Waals surface area contributed by atoms with E-state index in [1.807, 2.05) is 0 Å². The second kappa shape index (κ2) is 6.33. The molecule has 5 N–H and O–H groups in total. The number of methoxy groups -OCH3 is 1. The smallest absolute Gasteiger partial charge is 0.404 e. The Morgan fingerprint density at radius 2 is 2.11 bits per heavy atom. The largest absolute Gasteiger partial charge is 0.496 e. The van der Waals surface area contributed by atoms with Gasteiger partial charge >= 0.3 is 6.09 Å². The number of primary amides is 1. The minimum absolute atomic E-state index is 0.0123. The van der Waals surface area contributed by atoms with Crippen molar-refractivity contribution >= 4 is 17.7 Å². The van der Waals surface area contributed by atoms with E-state index in [1.165, 1.54) is 7.11 Å². The van der Waals surface area contributed by atoms with Gasteiger partial charge in [0.05, 0.1) is 19.2 Å². The molecule has 1 rings (SSSR count). The Morgan fingerprint density at radius 3 is 2.72 bits per heavy atom. The number of hydrogen-bond donors (Lipinski definition) is 3. The highest BCUT2D eigenvalue weighted by molar-refractivity contribution is 5.97. The molecule has 1 aromatic carbocycles. The lowest BCUT2D eigenvalue weighted by atomic mass is 10.1. The third-order valence-electron chi connectivity index (χ3n) is 2.10. The summed E-state index contributed by atoms with van der Waals surface area (Å²) in [6.07, 6.45) is -0.880. The molecule has 2 amide bonds. The van der Waals surface area contributed by atoms with E-state index in [9.17, 15) is 9.59 Å². The summed E-state index contributed by atoms with van der Waals surface area (Å²) in [5.41, 5.74) is 11.2. The maximum atomic E-state index is 11.8. The average Bonchev–Trinajstić information content (AvgIpc) is 2.33. The van der Waals surface area contributed by atoms with Crippen LogP contribution in [0.5, 0.6) is 5.75 Å². The van der Waals surface area contributed by atoms with E-state index in [4.69, 9.17) is 16.2 Å². The molecule has 18 heavy (non-hydrogen) atoms. The van der Waals surface area contributed by atoms with Crippen LogP contribution in [0.15, 0.2) is 18.2 Å². The van der Waals surface area contributed by atoms with Crippen molar-refractivity contribution < 1.29 is 19.1 Å². The molecule has 0 aromatic heterocycles. The number of rotatable bonds is 5. The summed E-state index contributed by atoms with van der Waals surface area (Å²) in [6.45, 7) is 0.174. The van der Waals surface area contributed by atoms with Crippen LogP contribution >= 0.6 is 0 Å². The van der Waals surface area contributed by atoms with Gasteiger partial charge in [-0.15, -0.1) is 0 Å². The fourth-order valence-electron chi connectivity index (χ4n) is 1.31. The summed E-state index contributed by atoms with van der Waals surface area (Å²) >= 11 is 0. The van der Waals surface area contributed by atoms with Gasteiger partial charge in [0.15, 0.2) is 0 Å². The summed E-state index contributed by atoms with van der Waals surface area (Å²) < 4.78 is 9.52. The second-order valence-electron chi connectivity index (χ2n) is 3.38. The molecule has 0 atom stereocenters. The van der Waals surface area contributed by atoms with Crippen LogP contribution in [0.25, 0.3) is 0 Å². The summed E-state index contributed by atoms with van der Waals surface area (Å²) in [6, 6.07) is 4.70. The Morgan fingerprint density at radius 1 is 1.39 bits per heavy atom. The van der Waals surface area contributed by atoms with Crippen molar-refractivity contribution in [3.05, 3.63) is 23.8 Å². The summed E-state index contributed by atoms with van der Waals surface area (Å²) in [5, 5.41) is 2.56. The molecule has 0 aliphatic carbocycles. The van der Waals surface area contributed by atoms with Crippen LogP contribution in [-0.4, -0.2) is 32.3 Å². The Bertz CT molecular complexity index is 448. The number of ether oxygens (including phenoxy) is 2. The number of nitrogens with one attached hydrogen (secondary N) is 1. The van der Waals surface area contributed by atoms with Crippen LogP contribution in [0.4, 0.5) is 10.5 Å². The first-order chi connectivity index (χ1) is 8.54. The lowest BCUT2D eigenvalue weighted by molar-refractivity contribution is 0.0934. The number of anilines is 1. The maximum Gasteiger partial charge on any atom is 0.404 e. The molecular weight excluding hydrogens is 238 g/mol. The van der Waals surface area contributed by atoms with Gasteiger partial charge < -0.3 is 26.3 Å². The van der Waals surface area contributed by atoms with Crippen molar-refractivity contribution in [3.63, 3.8) is 0 Å². The fourth-order valence-corrected chi connectivity index (χ4v) is 1.31. The average molecular weight is 253 g/mol. The van der Waals surface area contributed by atoms with Gasteiger partial charge in [-0.1, -0.05) is 0 Å². The zero-order valence-corrected chi connectivity index (χ0v) is 9.93. The maximum absolute atomic E-state index is 11.8. The first kappa shape index (κ1) is 13.6. The molecule has 0 aliphatic rings. The van der Waals surface area contributed by atoms with Crippen molar-refractivity contribution in [3.8, 4) is 5.75 Å². The van der Waals surface area contributed by atoms with E-state index >= 15 is 0 Å². The van der Waals surface area contributed by atoms with Gasteiger partial charge in [-0.2, -0.15) is 0 Å². The Kier molecular flexibility index (Phi) is 4.79. The van der Waals surface area contributed by atoms with Gasteiger partial charge in [0.25, 0.3) is 5.91 Å². The predicted octanol–water partition coefficient (Wildman–Crippen LogP) is 0.102. The van der Waals surface area contributed by atoms with Crippen molar-refractivity contribution in [2.45, 2.75) is 0 Å². The van der Waals surface area contributed by atoms with Crippen LogP contribution in [0.1, 0.15) is 10.4 Å². The molecule has 7 nitrogen and oxygen atoms in total. The monoisotopic (exact) mass is 253 g/mol. The van der Waals surface area contributed by atoms with Crippen LogP contribution < -0.4 is 21.5 Å². The van der Waals surface area contributed by atoms with Crippen molar-refractivity contribution in [1.29, 1.82) is 0 Å². The van der Waals surface area contributed by atoms with Crippen molar-refractivity contribution in [1.82, 2.24) is 5.32 Å². The molecule has 98 valence electrons. The van der Waals surface area contributed by atoms with Gasteiger partial charge in [0.2, 0.25) is 0 Å². The van der Waals surface area contributed by atoms with Gasteiger partial charge in [-0.05, 0) is 12.1 Å². The third kappa shape index (κ3) is 3.85. The molecule has 0 heterocycles. The Balaban J connectivity index is 2.58. The highest BCUT2D eigenvalue weighted by atomic mass is 16.5. The molecule has 0 saturated carbocycles. The number of nitrogens with two attached hydrogens (primary N) is 2. The van der Waals surface area contributed by atoms with Gasteiger partial charge in [0, 0.05) is 11.8 Å². The lowest BCUT2D eigenvalue weighted by Gasteiger charge is -2.09. The molecule has 7 heteroatoms. The molecule has 0 saturated heterocycles. The number of carbonyl (C=O) groups excluding carboxylic acids is 2. The summed E-state index contributed by atoms with van der Waals surface area (Å²) in [4.78, 5) is 22.1. The molecule has 0 spiro atoms. The van der Waals surface area contributed by atoms with E-state index in [0.717, 1.165) is 0 Å². The van der Waals surface area contributed by atoms with Gasteiger partial charge in [-0.3, -0.25) is 4.79 Å². The predicted molar refractivity (Wildman–Crippen MR) is 65.3 cm³/mol. The number of hydrogen-bond acceptors (Lipinski definition) is 5. The minimum atomic E-state index is -0.880. The molecule has 0 bridgehead atoms. The summed E-state index contributed by atoms with van der Waals surface area (Å²) in [7, 11) is 1.45. The van der Waals surface area contributed by atoms with E-state index in [-0.39, 0.29) is 19.1 Å². The molecule has 1 aromatic rings. The van der Waals surface area contributed by atoms with E-state index in [1.54, 1.807) is 18.2 Å². The van der Waals surface area contributed by atoms with E-state index in [2.05, 4.69) is 10.1 Å². The second-order valence-corrected chi connectivity index (χ2v) is 3.38. The standard InChI is InChI=1S/C11H15N3O4/c1-17-9-6-7(12)2-3-8(9)10(15)14-4-5-18-11(13)16/h2-3,6H,4-5,12H2,1H3,(H2,13,16)(H,14,15). The normalized spacial score (nSPS) is 9.61. The Hall–Kier alpha value is -2.44. The molecule has 0 aliphatic heterocycles. The van der Waals surface area contributed by atoms with E-state index in [0.29, 0.717) is 17.0 Å². The molecule has 0 radical (unpaired) electrons.